The predicted octanol–water partition coefficient (Wildman–Crippen LogP) is 5.10. The first-order valence-corrected chi connectivity index (χ1v) is 8.64. The van der Waals surface area contributed by atoms with Gasteiger partial charge < -0.3 is 15.0 Å². The number of para-hydroxylation sites is 1. The van der Waals surface area contributed by atoms with E-state index in [2.05, 4.69) is 10.3 Å². The monoisotopic (exact) mass is 356 g/mol. The van der Waals surface area contributed by atoms with Crippen LogP contribution >= 0.6 is 11.6 Å². The number of hydrogen-bond acceptors (Lipinski definition) is 2. The number of nitrogens with one attached hydrogen (secondary N) is 2. The van der Waals surface area contributed by atoms with Gasteiger partial charge in [0.1, 0.15) is 5.75 Å². The van der Waals surface area contributed by atoms with Crippen LogP contribution in [-0.4, -0.2) is 17.0 Å². The molecule has 3 aromatic rings. The van der Waals surface area contributed by atoms with Gasteiger partial charge in [-0.2, -0.15) is 0 Å². The number of H-pyrrole nitrogens is 1. The minimum absolute atomic E-state index is 0.0442. The number of amides is 1. The summed E-state index contributed by atoms with van der Waals surface area (Å²) in [6, 6.07) is 13.3. The van der Waals surface area contributed by atoms with Gasteiger partial charge in [-0.1, -0.05) is 29.8 Å². The molecule has 0 aliphatic rings. The molecule has 130 valence electrons. The molecule has 1 aromatic heterocycles. The predicted molar refractivity (Wildman–Crippen MR) is 103 cm³/mol. The second kappa shape index (κ2) is 7.19. The molecule has 0 bridgehead atoms. The van der Waals surface area contributed by atoms with Gasteiger partial charge in [0.2, 0.25) is 5.91 Å². The zero-order chi connectivity index (χ0) is 18.0. The van der Waals surface area contributed by atoms with Crippen LogP contribution in [-0.2, 0) is 11.2 Å². The maximum Gasteiger partial charge on any atom is 0.228 e. The van der Waals surface area contributed by atoms with E-state index in [-0.39, 0.29) is 12.0 Å². The van der Waals surface area contributed by atoms with Crippen molar-refractivity contribution >= 4 is 34.1 Å². The smallest absolute Gasteiger partial charge is 0.228 e. The van der Waals surface area contributed by atoms with Crippen molar-refractivity contribution < 1.29 is 9.53 Å². The second-order valence-electron chi connectivity index (χ2n) is 6.31. The number of carbonyl (C=O) groups excluding carboxylic acids is 1. The fraction of sp³-hybridized carbons (Fsp3) is 0.250. The van der Waals surface area contributed by atoms with Crippen molar-refractivity contribution in [2.75, 3.05) is 5.32 Å². The van der Waals surface area contributed by atoms with E-state index >= 15 is 0 Å². The first-order chi connectivity index (χ1) is 11.9. The van der Waals surface area contributed by atoms with Gasteiger partial charge in [-0.25, -0.2) is 0 Å². The van der Waals surface area contributed by atoms with Crippen molar-refractivity contribution in [3.8, 4) is 5.75 Å². The lowest BCUT2D eigenvalue weighted by atomic mass is 10.1. The highest BCUT2D eigenvalue weighted by atomic mass is 35.5. The van der Waals surface area contributed by atoms with Crippen LogP contribution in [0, 0.1) is 6.92 Å². The number of fused-ring (bicyclic) bond motifs is 1. The Hall–Kier alpha value is -2.46. The molecule has 0 spiro atoms. The molecule has 1 heterocycles. The van der Waals surface area contributed by atoms with Crippen LogP contribution in [0.3, 0.4) is 0 Å². The lowest BCUT2D eigenvalue weighted by Crippen LogP contribution is -2.15. The van der Waals surface area contributed by atoms with E-state index in [1.165, 1.54) is 0 Å². The minimum atomic E-state index is -0.0820. The van der Waals surface area contributed by atoms with Crippen LogP contribution in [0.2, 0.25) is 5.02 Å². The highest BCUT2D eigenvalue weighted by Gasteiger charge is 2.13. The zero-order valence-electron chi connectivity index (χ0n) is 14.5. The summed E-state index contributed by atoms with van der Waals surface area (Å²) >= 11 is 6.22. The Morgan fingerprint density at radius 1 is 1.24 bits per heavy atom. The van der Waals surface area contributed by atoms with Crippen LogP contribution in [0.1, 0.15) is 25.1 Å². The van der Waals surface area contributed by atoms with Crippen molar-refractivity contribution in [3.63, 3.8) is 0 Å². The minimum Gasteiger partial charge on any atom is -0.489 e. The van der Waals surface area contributed by atoms with Gasteiger partial charge in [0.05, 0.1) is 17.5 Å². The maximum absolute atomic E-state index is 12.5. The Kier molecular flexibility index (Phi) is 5.00. The standard InChI is InChI=1S/C20H21ClN2O2/c1-12(2)25-19-9-8-14(10-17(19)21)23-20(24)11-16-13(3)22-18-7-5-4-6-15(16)18/h4-10,12,22H,11H2,1-3H3,(H,23,24). The summed E-state index contributed by atoms with van der Waals surface area (Å²) < 4.78 is 5.61. The van der Waals surface area contributed by atoms with Crippen molar-refractivity contribution in [1.82, 2.24) is 4.98 Å². The topological polar surface area (TPSA) is 54.1 Å². The van der Waals surface area contributed by atoms with E-state index in [4.69, 9.17) is 16.3 Å². The van der Waals surface area contributed by atoms with E-state index in [0.29, 0.717) is 22.9 Å². The second-order valence-corrected chi connectivity index (χ2v) is 6.72. The lowest BCUT2D eigenvalue weighted by molar-refractivity contribution is -0.115. The fourth-order valence-corrected chi connectivity index (χ4v) is 3.08. The molecule has 3 rings (SSSR count). The normalized spacial score (nSPS) is 11.1. The average Bonchev–Trinajstić information content (AvgIpc) is 2.86. The third-order valence-electron chi connectivity index (χ3n) is 3.94. The summed E-state index contributed by atoms with van der Waals surface area (Å²) in [5.41, 5.74) is 3.72. The summed E-state index contributed by atoms with van der Waals surface area (Å²) in [7, 11) is 0. The number of aromatic amines is 1. The van der Waals surface area contributed by atoms with E-state index in [1.54, 1.807) is 18.2 Å². The molecule has 0 fully saturated rings. The molecule has 1 amide bonds. The molecule has 0 radical (unpaired) electrons. The Balaban J connectivity index is 1.74. The van der Waals surface area contributed by atoms with Gasteiger partial charge in [-0.05, 0) is 50.6 Å². The molecule has 2 aromatic carbocycles. The number of halogens is 1. The third kappa shape index (κ3) is 3.97. The van der Waals surface area contributed by atoms with Gasteiger partial charge in [0.25, 0.3) is 0 Å². The Morgan fingerprint density at radius 2 is 2.00 bits per heavy atom. The summed E-state index contributed by atoms with van der Waals surface area (Å²) in [6.07, 6.45) is 0.348. The van der Waals surface area contributed by atoms with Crippen LogP contribution < -0.4 is 10.1 Å². The van der Waals surface area contributed by atoms with E-state index in [9.17, 15) is 4.79 Å². The van der Waals surface area contributed by atoms with Crippen molar-refractivity contribution in [1.29, 1.82) is 0 Å². The summed E-state index contributed by atoms with van der Waals surface area (Å²) in [5, 5.41) is 4.46. The molecule has 5 heteroatoms. The van der Waals surface area contributed by atoms with Crippen LogP contribution in [0.15, 0.2) is 42.5 Å². The third-order valence-corrected chi connectivity index (χ3v) is 4.24. The largest absolute Gasteiger partial charge is 0.489 e. The molecule has 0 saturated heterocycles. The SMILES string of the molecule is Cc1[nH]c2ccccc2c1CC(=O)Nc1ccc(OC(C)C)c(Cl)c1. The number of ether oxygens (including phenoxy) is 1. The molecule has 0 saturated carbocycles. The number of aromatic nitrogens is 1. The van der Waals surface area contributed by atoms with E-state index < -0.39 is 0 Å². The number of anilines is 1. The fourth-order valence-electron chi connectivity index (χ4n) is 2.86. The summed E-state index contributed by atoms with van der Waals surface area (Å²) in [4.78, 5) is 15.8. The number of carbonyl (C=O) groups is 1. The molecule has 0 aliphatic carbocycles. The van der Waals surface area contributed by atoms with E-state index in [0.717, 1.165) is 22.2 Å². The molecular weight excluding hydrogens is 336 g/mol. The lowest BCUT2D eigenvalue weighted by Gasteiger charge is -2.12. The van der Waals surface area contributed by atoms with E-state index in [1.807, 2.05) is 45.0 Å². The molecule has 0 unspecified atom stereocenters. The van der Waals surface area contributed by atoms with Crippen molar-refractivity contribution in [2.45, 2.75) is 33.3 Å². The number of benzene rings is 2. The van der Waals surface area contributed by atoms with Crippen LogP contribution in [0.5, 0.6) is 5.75 Å². The average molecular weight is 357 g/mol. The van der Waals surface area contributed by atoms with Gasteiger partial charge in [-0.3, -0.25) is 4.79 Å². The Bertz CT molecular complexity index is 915. The van der Waals surface area contributed by atoms with Gasteiger partial charge in [0, 0.05) is 22.3 Å². The maximum atomic E-state index is 12.5. The quantitative estimate of drug-likeness (QED) is 0.668. The first kappa shape index (κ1) is 17.4. The number of aryl methyl sites for hydroxylation is 1. The molecule has 2 N–H and O–H groups in total. The molecule has 25 heavy (non-hydrogen) atoms. The van der Waals surface area contributed by atoms with Crippen molar-refractivity contribution in [2.24, 2.45) is 0 Å². The highest BCUT2D eigenvalue weighted by Crippen LogP contribution is 2.29. The number of hydrogen-bond donors (Lipinski definition) is 2. The molecule has 0 aliphatic heterocycles. The van der Waals surface area contributed by atoms with Gasteiger partial charge in [0.15, 0.2) is 0 Å². The van der Waals surface area contributed by atoms with Gasteiger partial charge in [-0.15, -0.1) is 0 Å². The molecule has 4 nitrogen and oxygen atoms in total. The van der Waals surface area contributed by atoms with Crippen LogP contribution in [0.4, 0.5) is 5.69 Å². The van der Waals surface area contributed by atoms with Crippen LogP contribution in [0.25, 0.3) is 10.9 Å². The number of rotatable bonds is 5. The summed E-state index contributed by atoms with van der Waals surface area (Å²) in [6.45, 7) is 5.86. The Morgan fingerprint density at radius 3 is 2.72 bits per heavy atom. The first-order valence-electron chi connectivity index (χ1n) is 8.26. The Labute approximate surface area is 152 Å². The highest BCUT2D eigenvalue weighted by molar-refractivity contribution is 6.32. The zero-order valence-corrected chi connectivity index (χ0v) is 15.3. The van der Waals surface area contributed by atoms with Gasteiger partial charge >= 0.3 is 0 Å². The molecule has 0 atom stereocenters. The molecular formula is C20H21ClN2O2. The van der Waals surface area contributed by atoms with Crippen molar-refractivity contribution in [3.05, 3.63) is 58.7 Å². The summed E-state index contributed by atoms with van der Waals surface area (Å²) in [5.74, 6) is 0.531.